The normalized spacial score (nSPS) is 17.2. The molecule has 96 valence electrons. The number of hydrogen-bond donors (Lipinski definition) is 2. The third-order valence-electron chi connectivity index (χ3n) is 3.41. The topological polar surface area (TPSA) is 40.7 Å². The molecule has 1 fully saturated rings. The van der Waals surface area contributed by atoms with Crippen LogP contribution in [0.2, 0.25) is 4.34 Å². The maximum absolute atomic E-state index is 5.95. The van der Waals surface area contributed by atoms with E-state index in [-0.39, 0.29) is 0 Å². The van der Waals surface area contributed by atoms with E-state index >= 15 is 0 Å². The summed E-state index contributed by atoms with van der Waals surface area (Å²) >= 11 is 7.53. The molecule has 2 aromatic rings. The van der Waals surface area contributed by atoms with Crippen LogP contribution in [0.4, 0.5) is 0 Å². The summed E-state index contributed by atoms with van der Waals surface area (Å²) in [6, 6.07) is 3.96. The number of aromatic nitrogens is 2. The summed E-state index contributed by atoms with van der Waals surface area (Å²) in [7, 11) is 0. The van der Waals surface area contributed by atoms with Gasteiger partial charge in [0, 0.05) is 6.42 Å². The molecule has 3 rings (SSSR count). The molecular formula is C13H16ClN3S. The van der Waals surface area contributed by atoms with Gasteiger partial charge in [0.2, 0.25) is 0 Å². The molecule has 1 aliphatic heterocycles. The van der Waals surface area contributed by atoms with Crippen molar-refractivity contribution in [1.82, 2.24) is 15.3 Å². The monoisotopic (exact) mass is 281 g/mol. The van der Waals surface area contributed by atoms with E-state index in [4.69, 9.17) is 11.6 Å². The van der Waals surface area contributed by atoms with Crippen LogP contribution in [0.5, 0.6) is 0 Å². The number of nitrogens with zero attached hydrogens (tertiary/aromatic N) is 1. The number of imidazole rings is 1. The summed E-state index contributed by atoms with van der Waals surface area (Å²) in [6.07, 6.45) is 5.47. The molecule has 1 aliphatic rings. The molecule has 18 heavy (non-hydrogen) atoms. The minimum atomic E-state index is 0.761. The van der Waals surface area contributed by atoms with Crippen LogP contribution < -0.4 is 5.32 Å². The lowest BCUT2D eigenvalue weighted by molar-refractivity contribution is 0.368. The predicted octanol–water partition coefficient (Wildman–Crippen LogP) is 3.33. The lowest BCUT2D eigenvalue weighted by Gasteiger charge is -2.21. The van der Waals surface area contributed by atoms with Gasteiger partial charge in [-0.25, -0.2) is 4.98 Å². The van der Waals surface area contributed by atoms with Crippen LogP contribution >= 0.6 is 22.9 Å². The fourth-order valence-corrected chi connectivity index (χ4v) is 3.42. The van der Waals surface area contributed by atoms with Crippen LogP contribution in [0, 0.1) is 5.92 Å². The lowest BCUT2D eigenvalue weighted by atomic mass is 9.94. The first kappa shape index (κ1) is 12.2. The van der Waals surface area contributed by atoms with Crippen molar-refractivity contribution in [2.75, 3.05) is 13.1 Å². The Morgan fingerprint density at radius 3 is 2.89 bits per heavy atom. The molecule has 1 saturated heterocycles. The highest BCUT2D eigenvalue weighted by molar-refractivity contribution is 7.19. The number of hydrogen-bond acceptors (Lipinski definition) is 3. The molecule has 0 unspecified atom stereocenters. The summed E-state index contributed by atoms with van der Waals surface area (Å²) in [6.45, 7) is 2.28. The highest BCUT2D eigenvalue weighted by Gasteiger charge is 2.15. The second kappa shape index (κ2) is 5.43. The molecule has 0 bridgehead atoms. The van der Waals surface area contributed by atoms with Gasteiger partial charge in [-0.2, -0.15) is 0 Å². The van der Waals surface area contributed by atoms with E-state index in [1.165, 1.54) is 12.8 Å². The van der Waals surface area contributed by atoms with Crippen molar-refractivity contribution in [1.29, 1.82) is 0 Å². The first-order chi connectivity index (χ1) is 8.81. The zero-order chi connectivity index (χ0) is 12.4. The minimum absolute atomic E-state index is 0.761. The zero-order valence-electron chi connectivity index (χ0n) is 10.1. The van der Waals surface area contributed by atoms with Gasteiger partial charge in [-0.3, -0.25) is 0 Å². The van der Waals surface area contributed by atoms with Gasteiger partial charge in [-0.1, -0.05) is 11.6 Å². The number of halogens is 1. The fraction of sp³-hybridized carbons (Fsp3) is 0.462. The van der Waals surface area contributed by atoms with Gasteiger partial charge in [0.25, 0.3) is 0 Å². The van der Waals surface area contributed by atoms with Crippen LogP contribution in [0.1, 0.15) is 18.7 Å². The third-order valence-corrected chi connectivity index (χ3v) is 4.67. The van der Waals surface area contributed by atoms with Gasteiger partial charge in [-0.05, 0) is 44.0 Å². The zero-order valence-corrected chi connectivity index (χ0v) is 11.7. The number of rotatable bonds is 3. The van der Waals surface area contributed by atoms with E-state index in [2.05, 4.69) is 15.3 Å². The van der Waals surface area contributed by atoms with Crippen LogP contribution in [-0.4, -0.2) is 23.1 Å². The molecule has 0 aromatic carbocycles. The Morgan fingerprint density at radius 2 is 2.17 bits per heavy atom. The first-order valence-corrected chi connectivity index (χ1v) is 7.51. The highest BCUT2D eigenvalue weighted by Crippen LogP contribution is 2.30. The summed E-state index contributed by atoms with van der Waals surface area (Å²) in [5.74, 6) is 1.86. The Kier molecular flexibility index (Phi) is 3.68. The molecule has 2 N–H and O–H groups in total. The van der Waals surface area contributed by atoms with Gasteiger partial charge in [0.05, 0.1) is 21.1 Å². The fourth-order valence-electron chi connectivity index (χ4n) is 2.41. The Balaban J connectivity index is 1.69. The van der Waals surface area contributed by atoms with Gasteiger partial charge in [-0.15, -0.1) is 11.3 Å². The van der Waals surface area contributed by atoms with E-state index in [0.29, 0.717) is 0 Å². The van der Waals surface area contributed by atoms with Crippen LogP contribution in [-0.2, 0) is 6.42 Å². The predicted molar refractivity (Wildman–Crippen MR) is 76.2 cm³/mol. The van der Waals surface area contributed by atoms with Crippen LogP contribution in [0.15, 0.2) is 18.3 Å². The van der Waals surface area contributed by atoms with Gasteiger partial charge >= 0.3 is 0 Å². The summed E-state index contributed by atoms with van der Waals surface area (Å²) in [5.41, 5.74) is 1.08. The van der Waals surface area contributed by atoms with Crippen molar-refractivity contribution in [3.05, 3.63) is 28.5 Å². The Morgan fingerprint density at radius 1 is 1.33 bits per heavy atom. The minimum Gasteiger partial charge on any atom is -0.341 e. The van der Waals surface area contributed by atoms with E-state index in [1.54, 1.807) is 11.3 Å². The van der Waals surface area contributed by atoms with Gasteiger partial charge in [0.1, 0.15) is 5.82 Å². The van der Waals surface area contributed by atoms with E-state index in [9.17, 15) is 0 Å². The summed E-state index contributed by atoms with van der Waals surface area (Å²) < 4.78 is 0.819. The van der Waals surface area contributed by atoms with Crippen molar-refractivity contribution in [3.63, 3.8) is 0 Å². The summed E-state index contributed by atoms with van der Waals surface area (Å²) in [5, 5.41) is 3.39. The maximum Gasteiger partial charge on any atom is 0.106 e. The van der Waals surface area contributed by atoms with Gasteiger partial charge < -0.3 is 10.3 Å². The molecule has 0 amide bonds. The smallest absolute Gasteiger partial charge is 0.106 e. The van der Waals surface area contributed by atoms with E-state index in [1.807, 2.05) is 18.3 Å². The molecule has 0 saturated carbocycles. The Bertz CT molecular complexity index is 514. The quantitative estimate of drug-likeness (QED) is 0.906. The first-order valence-electron chi connectivity index (χ1n) is 6.31. The average Bonchev–Trinajstić information content (AvgIpc) is 2.99. The second-order valence-corrected chi connectivity index (χ2v) is 6.46. The number of nitrogens with one attached hydrogen (secondary N) is 2. The molecule has 3 nitrogen and oxygen atoms in total. The van der Waals surface area contributed by atoms with Crippen molar-refractivity contribution >= 4 is 22.9 Å². The van der Waals surface area contributed by atoms with Crippen molar-refractivity contribution in [3.8, 4) is 10.6 Å². The number of piperidine rings is 1. The number of aromatic amines is 1. The lowest BCUT2D eigenvalue weighted by Crippen LogP contribution is -2.28. The standard InChI is InChI=1S/C13H16ClN3S/c14-12-2-1-11(18-12)10-8-16-13(17-10)7-9-3-5-15-6-4-9/h1-2,8-9,15H,3-7H2,(H,16,17). The largest absolute Gasteiger partial charge is 0.341 e. The molecule has 3 heterocycles. The maximum atomic E-state index is 5.95. The molecule has 0 aliphatic carbocycles. The molecule has 0 atom stereocenters. The van der Waals surface area contributed by atoms with Crippen molar-refractivity contribution in [2.45, 2.75) is 19.3 Å². The van der Waals surface area contributed by atoms with E-state index < -0.39 is 0 Å². The SMILES string of the molecule is Clc1ccc(-c2cnc(CC3CCNCC3)[nH]2)s1. The van der Waals surface area contributed by atoms with E-state index in [0.717, 1.165) is 46.2 Å². The number of H-pyrrole nitrogens is 1. The molecule has 2 aromatic heterocycles. The molecule has 5 heteroatoms. The summed E-state index contributed by atoms with van der Waals surface area (Å²) in [4.78, 5) is 9.05. The Labute approximate surface area is 116 Å². The number of thiophene rings is 1. The molecule has 0 spiro atoms. The second-order valence-electron chi connectivity index (χ2n) is 4.74. The molecular weight excluding hydrogens is 266 g/mol. The van der Waals surface area contributed by atoms with Crippen molar-refractivity contribution in [2.24, 2.45) is 5.92 Å². The van der Waals surface area contributed by atoms with Crippen LogP contribution in [0.25, 0.3) is 10.6 Å². The molecule has 0 radical (unpaired) electrons. The van der Waals surface area contributed by atoms with Crippen molar-refractivity contribution < 1.29 is 0 Å². The Hall–Kier alpha value is -0.840. The average molecular weight is 282 g/mol. The van der Waals surface area contributed by atoms with Gasteiger partial charge in [0.15, 0.2) is 0 Å². The highest BCUT2D eigenvalue weighted by atomic mass is 35.5. The third kappa shape index (κ3) is 2.76. The van der Waals surface area contributed by atoms with Crippen LogP contribution in [0.3, 0.4) is 0 Å².